The first-order valence-corrected chi connectivity index (χ1v) is 8.97. The molecule has 7 nitrogen and oxygen atoms in total. The van der Waals surface area contributed by atoms with Crippen molar-refractivity contribution in [1.82, 2.24) is 10.3 Å². The van der Waals surface area contributed by atoms with Crippen LogP contribution in [0.5, 0.6) is 0 Å². The third-order valence-corrected chi connectivity index (χ3v) is 3.89. The number of hydrogen-bond donors (Lipinski definition) is 2. The van der Waals surface area contributed by atoms with E-state index in [4.69, 9.17) is 14.9 Å². The molecule has 3 N–H and O–H groups in total. The van der Waals surface area contributed by atoms with Crippen LogP contribution in [0.2, 0.25) is 0 Å². The van der Waals surface area contributed by atoms with Crippen LogP contribution in [0.15, 0.2) is 10.7 Å². The first-order valence-electron chi connectivity index (χ1n) is 7.58. The summed E-state index contributed by atoms with van der Waals surface area (Å²) in [5.41, 5.74) is 6.05. The topological polar surface area (TPSA) is 107 Å². The summed E-state index contributed by atoms with van der Waals surface area (Å²) < 4.78 is 10.2. The molecule has 23 heavy (non-hydrogen) atoms. The maximum Gasteiger partial charge on any atom is 0.328 e. The largest absolute Gasteiger partial charge is 0.464 e. The van der Waals surface area contributed by atoms with Gasteiger partial charge in [-0.2, -0.15) is 11.8 Å². The lowest BCUT2D eigenvalue weighted by Crippen LogP contribution is -2.42. The fourth-order valence-electron chi connectivity index (χ4n) is 1.79. The van der Waals surface area contributed by atoms with Crippen molar-refractivity contribution in [1.29, 1.82) is 0 Å². The van der Waals surface area contributed by atoms with Gasteiger partial charge in [0.05, 0.1) is 12.6 Å². The summed E-state index contributed by atoms with van der Waals surface area (Å²) in [6.45, 7) is 5.87. The first kappa shape index (κ1) is 19.5. The number of esters is 1. The van der Waals surface area contributed by atoms with E-state index in [0.29, 0.717) is 12.3 Å². The second kappa shape index (κ2) is 9.57. The average Bonchev–Trinajstić information content (AvgIpc) is 3.00. The number of ether oxygens (including phenoxy) is 1. The van der Waals surface area contributed by atoms with Gasteiger partial charge in [-0.3, -0.25) is 4.79 Å². The molecule has 2 unspecified atom stereocenters. The van der Waals surface area contributed by atoms with Crippen molar-refractivity contribution in [3.8, 4) is 0 Å². The molecule has 0 aliphatic carbocycles. The number of rotatable bonds is 9. The van der Waals surface area contributed by atoms with Gasteiger partial charge in [0.25, 0.3) is 5.91 Å². The van der Waals surface area contributed by atoms with E-state index in [1.165, 1.54) is 6.26 Å². The summed E-state index contributed by atoms with van der Waals surface area (Å²) in [7, 11) is 0. The zero-order chi connectivity index (χ0) is 17.4. The van der Waals surface area contributed by atoms with E-state index in [1.54, 1.807) is 18.7 Å². The van der Waals surface area contributed by atoms with Crippen molar-refractivity contribution in [3.63, 3.8) is 0 Å². The Hall–Kier alpha value is -1.54. The number of nitrogens with two attached hydrogens (primary N) is 1. The molecule has 8 heteroatoms. The van der Waals surface area contributed by atoms with Gasteiger partial charge in [-0.1, -0.05) is 13.8 Å². The van der Waals surface area contributed by atoms with Crippen LogP contribution in [-0.2, 0) is 9.53 Å². The van der Waals surface area contributed by atoms with E-state index in [9.17, 15) is 9.59 Å². The maximum atomic E-state index is 12.2. The van der Waals surface area contributed by atoms with Crippen molar-refractivity contribution in [2.45, 2.75) is 39.3 Å². The molecule has 1 aromatic heterocycles. The van der Waals surface area contributed by atoms with Crippen LogP contribution in [0.3, 0.4) is 0 Å². The van der Waals surface area contributed by atoms with E-state index in [0.717, 1.165) is 5.75 Å². The molecule has 1 aromatic rings. The normalized spacial score (nSPS) is 13.7. The molecule has 130 valence electrons. The Labute approximate surface area is 140 Å². The smallest absolute Gasteiger partial charge is 0.328 e. The second-order valence-corrected chi connectivity index (χ2v) is 6.39. The molecule has 2 atom stereocenters. The number of carbonyl (C=O) groups excluding carboxylic acids is 2. The molecule has 0 saturated heterocycles. The monoisotopic (exact) mass is 343 g/mol. The molecule has 1 rings (SSSR count). The average molecular weight is 343 g/mol. The highest BCUT2D eigenvalue weighted by atomic mass is 32.2. The molecule has 0 saturated carbocycles. The Morgan fingerprint density at radius 3 is 2.74 bits per heavy atom. The van der Waals surface area contributed by atoms with Gasteiger partial charge in [-0.15, -0.1) is 0 Å². The maximum absolute atomic E-state index is 12.2. The van der Waals surface area contributed by atoms with Crippen molar-refractivity contribution in [2.24, 2.45) is 11.7 Å². The van der Waals surface area contributed by atoms with E-state index in [1.807, 2.05) is 20.1 Å². The van der Waals surface area contributed by atoms with Crippen molar-refractivity contribution < 1.29 is 18.7 Å². The third kappa shape index (κ3) is 5.87. The molecule has 0 aromatic carbocycles. The number of nitrogens with zero attached hydrogens (tertiary/aromatic N) is 1. The van der Waals surface area contributed by atoms with Crippen molar-refractivity contribution >= 4 is 23.6 Å². The first-order chi connectivity index (χ1) is 10.9. The predicted octanol–water partition coefficient (Wildman–Crippen LogP) is 1.74. The lowest BCUT2D eigenvalue weighted by Gasteiger charge is -2.16. The van der Waals surface area contributed by atoms with Gasteiger partial charge in [0, 0.05) is 0 Å². The lowest BCUT2D eigenvalue weighted by molar-refractivity contribution is -0.145. The number of oxazole rings is 1. The third-order valence-electron chi connectivity index (χ3n) is 3.25. The van der Waals surface area contributed by atoms with Gasteiger partial charge in [0.15, 0.2) is 5.69 Å². The number of amides is 1. The SMILES string of the molecule is CCOC(=O)C(CCSC)NC(=O)c1coc(C(N)C(C)C)n1. The van der Waals surface area contributed by atoms with Gasteiger partial charge in [0.2, 0.25) is 5.89 Å². The highest BCUT2D eigenvalue weighted by Crippen LogP contribution is 2.18. The molecular weight excluding hydrogens is 318 g/mol. The van der Waals surface area contributed by atoms with Gasteiger partial charge >= 0.3 is 5.97 Å². The second-order valence-electron chi connectivity index (χ2n) is 5.40. The van der Waals surface area contributed by atoms with Gasteiger partial charge in [-0.05, 0) is 31.3 Å². The number of carbonyl (C=O) groups is 2. The summed E-state index contributed by atoms with van der Waals surface area (Å²) in [5, 5.41) is 2.64. The fraction of sp³-hybridized carbons (Fsp3) is 0.667. The number of thioether (sulfide) groups is 1. The van der Waals surface area contributed by atoms with E-state index in [-0.39, 0.29) is 24.3 Å². The Morgan fingerprint density at radius 2 is 2.17 bits per heavy atom. The molecule has 0 aliphatic heterocycles. The van der Waals surface area contributed by atoms with Crippen LogP contribution in [-0.4, -0.2) is 41.5 Å². The van der Waals surface area contributed by atoms with E-state index in [2.05, 4.69) is 10.3 Å². The molecule has 0 bridgehead atoms. The quantitative estimate of drug-likeness (QED) is 0.658. The molecule has 0 fully saturated rings. The van der Waals surface area contributed by atoms with Crippen LogP contribution in [0.25, 0.3) is 0 Å². The summed E-state index contributed by atoms with van der Waals surface area (Å²) in [6.07, 6.45) is 3.67. The number of hydrogen-bond acceptors (Lipinski definition) is 7. The Balaban J connectivity index is 2.76. The van der Waals surface area contributed by atoms with Crippen LogP contribution in [0.1, 0.15) is 49.6 Å². The van der Waals surface area contributed by atoms with Crippen molar-refractivity contribution in [2.75, 3.05) is 18.6 Å². The van der Waals surface area contributed by atoms with E-state index >= 15 is 0 Å². The summed E-state index contributed by atoms with van der Waals surface area (Å²) in [6, 6.07) is -1.08. The van der Waals surface area contributed by atoms with Crippen LogP contribution in [0, 0.1) is 5.92 Å². The molecule has 1 amide bonds. The fourth-order valence-corrected chi connectivity index (χ4v) is 2.26. The zero-order valence-electron chi connectivity index (χ0n) is 14.0. The minimum atomic E-state index is -0.700. The minimum Gasteiger partial charge on any atom is -0.464 e. The highest BCUT2D eigenvalue weighted by Gasteiger charge is 2.25. The summed E-state index contributed by atoms with van der Waals surface area (Å²) in [4.78, 5) is 28.3. The molecule has 0 radical (unpaired) electrons. The van der Waals surface area contributed by atoms with Gasteiger partial charge < -0.3 is 20.2 Å². The zero-order valence-corrected chi connectivity index (χ0v) is 14.8. The van der Waals surface area contributed by atoms with E-state index < -0.39 is 17.9 Å². The predicted molar refractivity (Wildman–Crippen MR) is 89.2 cm³/mol. The number of nitrogens with one attached hydrogen (secondary N) is 1. The molecular formula is C15H25N3O4S. The lowest BCUT2D eigenvalue weighted by atomic mass is 10.1. The molecule has 0 aliphatic rings. The standard InChI is InChI=1S/C15H25N3O4S/c1-5-21-15(20)10(6-7-23-4)17-13(19)11-8-22-14(18-11)12(16)9(2)3/h8-10,12H,5-7,16H2,1-4H3,(H,17,19). The summed E-state index contributed by atoms with van der Waals surface area (Å²) >= 11 is 1.59. The Morgan fingerprint density at radius 1 is 1.48 bits per heavy atom. The highest BCUT2D eigenvalue weighted by molar-refractivity contribution is 7.98. The van der Waals surface area contributed by atoms with Gasteiger partial charge in [0.1, 0.15) is 12.3 Å². The van der Waals surface area contributed by atoms with Crippen LogP contribution >= 0.6 is 11.8 Å². The summed E-state index contributed by atoms with van der Waals surface area (Å²) in [5.74, 6) is 0.250. The van der Waals surface area contributed by atoms with Gasteiger partial charge in [-0.25, -0.2) is 9.78 Å². The minimum absolute atomic E-state index is 0.106. The Kier molecular flexibility index (Phi) is 8.11. The van der Waals surface area contributed by atoms with Crippen LogP contribution in [0.4, 0.5) is 0 Å². The van der Waals surface area contributed by atoms with Crippen LogP contribution < -0.4 is 11.1 Å². The number of aromatic nitrogens is 1. The van der Waals surface area contributed by atoms with Crippen molar-refractivity contribution in [3.05, 3.63) is 17.8 Å². The molecule has 1 heterocycles. The Bertz CT molecular complexity index is 519. The molecule has 0 spiro atoms.